The van der Waals surface area contributed by atoms with E-state index in [1.807, 2.05) is 0 Å². The predicted molar refractivity (Wildman–Crippen MR) is 52.7 cm³/mol. The van der Waals surface area contributed by atoms with Crippen LogP contribution in [0.15, 0.2) is 36.4 Å². The molecule has 0 radical (unpaired) electrons. The second kappa shape index (κ2) is 1.89. The smallest absolute Gasteiger partial charge is 0.00239 e. The van der Waals surface area contributed by atoms with Crippen LogP contribution in [0.2, 0.25) is 0 Å². The maximum atomic E-state index is 2.46. The number of benzene rings is 1. The molecule has 0 saturated heterocycles. The highest BCUT2D eigenvalue weighted by molar-refractivity contribution is 5.48. The maximum absolute atomic E-state index is 2.46. The first-order valence-electron chi connectivity index (χ1n) is 5.22. The summed E-state index contributed by atoms with van der Waals surface area (Å²) >= 11 is 0. The van der Waals surface area contributed by atoms with Crippen LogP contribution in [0.1, 0.15) is 29.4 Å². The van der Waals surface area contributed by atoms with Crippen LogP contribution in [-0.4, -0.2) is 0 Å². The van der Waals surface area contributed by atoms with Crippen LogP contribution in [-0.2, 0) is 0 Å². The normalized spacial score (nSPS) is 42.8. The molecule has 0 aliphatic heterocycles. The molecule has 0 nitrogen and oxygen atoms in total. The van der Waals surface area contributed by atoms with Gasteiger partial charge < -0.3 is 0 Å². The average molecular weight is 168 g/mol. The van der Waals surface area contributed by atoms with E-state index in [0.29, 0.717) is 0 Å². The van der Waals surface area contributed by atoms with E-state index in [4.69, 9.17) is 0 Å². The van der Waals surface area contributed by atoms with Crippen LogP contribution in [0.25, 0.3) is 0 Å². The monoisotopic (exact) mass is 168 g/mol. The van der Waals surface area contributed by atoms with Crippen molar-refractivity contribution in [2.75, 3.05) is 0 Å². The van der Waals surface area contributed by atoms with Crippen LogP contribution in [0.4, 0.5) is 0 Å². The minimum absolute atomic E-state index is 0.746. The average Bonchev–Trinajstić information content (AvgIpc) is 2.94. The molecule has 2 bridgehead atoms. The molecule has 0 heterocycles. The quantitative estimate of drug-likeness (QED) is 0.522. The van der Waals surface area contributed by atoms with Gasteiger partial charge in [-0.3, -0.25) is 0 Å². The molecule has 0 heteroatoms. The lowest BCUT2D eigenvalue weighted by Gasteiger charge is -2.22. The molecule has 0 N–H and O–H groups in total. The summed E-state index contributed by atoms with van der Waals surface area (Å²) in [7, 11) is 0. The van der Waals surface area contributed by atoms with E-state index >= 15 is 0 Å². The van der Waals surface area contributed by atoms with E-state index < -0.39 is 0 Å². The summed E-state index contributed by atoms with van der Waals surface area (Å²) < 4.78 is 0. The molecule has 1 aromatic rings. The Morgan fingerprint density at radius 1 is 1.00 bits per heavy atom. The van der Waals surface area contributed by atoms with Crippen LogP contribution < -0.4 is 0 Å². The van der Waals surface area contributed by atoms with Crippen LogP contribution in [0.5, 0.6) is 0 Å². The molecule has 1 fully saturated rings. The van der Waals surface area contributed by atoms with Crippen molar-refractivity contribution in [3.05, 3.63) is 47.5 Å². The van der Waals surface area contributed by atoms with Crippen molar-refractivity contribution in [2.45, 2.75) is 18.3 Å². The first-order chi connectivity index (χ1) is 6.45. The molecule has 1 saturated carbocycles. The van der Waals surface area contributed by atoms with Crippen LogP contribution >= 0.6 is 0 Å². The van der Waals surface area contributed by atoms with Gasteiger partial charge in [0, 0.05) is 5.92 Å². The summed E-state index contributed by atoms with van der Waals surface area (Å²) in [5, 5.41) is 0. The van der Waals surface area contributed by atoms with Crippen LogP contribution in [0.3, 0.4) is 0 Å². The molecule has 13 heavy (non-hydrogen) atoms. The Kier molecular flexibility index (Phi) is 0.935. The van der Waals surface area contributed by atoms with Gasteiger partial charge in [-0.25, -0.2) is 0 Å². The van der Waals surface area contributed by atoms with Gasteiger partial charge >= 0.3 is 0 Å². The fourth-order valence-electron chi connectivity index (χ4n) is 3.42. The standard InChI is InChI=1S/C13H12/c1-2-4-10-9(3-1)8-5-6-11-12(7-8)13(10)11/h1-6,8,11-13H,7H2. The molecule has 0 aromatic heterocycles. The topological polar surface area (TPSA) is 0 Å². The number of allylic oxidation sites excluding steroid dienone is 2. The SMILES string of the molecule is C1=CC2C3CC1c1ccccc1C23. The minimum Gasteiger partial charge on any atom is -0.0839 e. The van der Waals surface area contributed by atoms with E-state index in [0.717, 1.165) is 23.7 Å². The maximum Gasteiger partial charge on any atom is 0.00239 e. The number of hydrogen-bond donors (Lipinski definition) is 0. The van der Waals surface area contributed by atoms with Crippen molar-refractivity contribution in [1.82, 2.24) is 0 Å². The van der Waals surface area contributed by atoms with Gasteiger partial charge in [0.25, 0.3) is 0 Å². The van der Waals surface area contributed by atoms with Crippen molar-refractivity contribution >= 4 is 0 Å². The molecule has 3 aliphatic rings. The highest BCUT2D eigenvalue weighted by atomic mass is 14.6. The fourth-order valence-corrected chi connectivity index (χ4v) is 3.42. The summed E-state index contributed by atoms with van der Waals surface area (Å²) in [6, 6.07) is 9.04. The molecule has 4 unspecified atom stereocenters. The Morgan fingerprint density at radius 2 is 1.85 bits per heavy atom. The second-order valence-electron chi connectivity index (χ2n) is 4.62. The first-order valence-corrected chi connectivity index (χ1v) is 5.22. The van der Waals surface area contributed by atoms with Crippen molar-refractivity contribution in [3.8, 4) is 0 Å². The highest BCUT2D eigenvalue weighted by Crippen LogP contribution is 2.65. The largest absolute Gasteiger partial charge is 0.0839 e. The third-order valence-corrected chi connectivity index (χ3v) is 4.08. The zero-order chi connectivity index (χ0) is 8.41. The Labute approximate surface area is 78.3 Å². The summed E-state index contributed by atoms with van der Waals surface area (Å²) in [5.74, 6) is 3.55. The first kappa shape index (κ1) is 6.42. The van der Waals surface area contributed by atoms with Gasteiger partial charge in [-0.05, 0) is 35.3 Å². The van der Waals surface area contributed by atoms with Gasteiger partial charge in [0.1, 0.15) is 0 Å². The Hall–Kier alpha value is -1.04. The summed E-state index contributed by atoms with van der Waals surface area (Å²) in [4.78, 5) is 0. The van der Waals surface area contributed by atoms with Gasteiger partial charge in [-0.2, -0.15) is 0 Å². The summed E-state index contributed by atoms with van der Waals surface area (Å²) in [5.41, 5.74) is 3.26. The van der Waals surface area contributed by atoms with E-state index in [2.05, 4.69) is 36.4 Å². The number of fused-ring (bicyclic) bond motifs is 5. The van der Waals surface area contributed by atoms with Gasteiger partial charge in [0.05, 0.1) is 0 Å². The highest BCUT2D eigenvalue weighted by Gasteiger charge is 2.55. The zero-order valence-corrected chi connectivity index (χ0v) is 7.48. The lowest BCUT2D eigenvalue weighted by molar-refractivity contribution is 0.586. The van der Waals surface area contributed by atoms with Gasteiger partial charge in [-0.1, -0.05) is 36.4 Å². The van der Waals surface area contributed by atoms with E-state index in [1.54, 1.807) is 11.1 Å². The fraction of sp³-hybridized carbons (Fsp3) is 0.385. The van der Waals surface area contributed by atoms with Crippen molar-refractivity contribution in [2.24, 2.45) is 11.8 Å². The lowest BCUT2D eigenvalue weighted by Crippen LogP contribution is -2.07. The van der Waals surface area contributed by atoms with E-state index in [1.165, 1.54) is 6.42 Å². The molecule has 4 atom stereocenters. The lowest BCUT2D eigenvalue weighted by atomic mass is 9.82. The van der Waals surface area contributed by atoms with Gasteiger partial charge in [0.2, 0.25) is 0 Å². The predicted octanol–water partition coefficient (Wildman–Crippen LogP) is 3.07. The van der Waals surface area contributed by atoms with E-state index in [-0.39, 0.29) is 0 Å². The van der Waals surface area contributed by atoms with Crippen molar-refractivity contribution < 1.29 is 0 Å². The zero-order valence-electron chi connectivity index (χ0n) is 7.48. The Balaban J connectivity index is 2.03. The molecule has 0 spiro atoms. The minimum atomic E-state index is 0.746. The molecule has 4 rings (SSSR count). The molecule has 3 aliphatic carbocycles. The Bertz CT molecular complexity index is 402. The van der Waals surface area contributed by atoms with E-state index in [9.17, 15) is 0 Å². The van der Waals surface area contributed by atoms with Crippen molar-refractivity contribution in [3.63, 3.8) is 0 Å². The number of hydrogen-bond acceptors (Lipinski definition) is 0. The van der Waals surface area contributed by atoms with Gasteiger partial charge in [-0.15, -0.1) is 0 Å². The Morgan fingerprint density at radius 3 is 2.77 bits per heavy atom. The van der Waals surface area contributed by atoms with Crippen LogP contribution in [0, 0.1) is 11.8 Å². The third kappa shape index (κ3) is 0.644. The summed E-state index contributed by atoms with van der Waals surface area (Å²) in [6.45, 7) is 0. The molecule has 1 aromatic carbocycles. The third-order valence-electron chi connectivity index (χ3n) is 4.08. The molecule has 64 valence electrons. The van der Waals surface area contributed by atoms with Crippen molar-refractivity contribution in [1.29, 1.82) is 0 Å². The molecule has 0 amide bonds. The second-order valence-corrected chi connectivity index (χ2v) is 4.62. The van der Waals surface area contributed by atoms with Gasteiger partial charge in [0.15, 0.2) is 0 Å². The molecular weight excluding hydrogens is 156 g/mol. The molecular formula is C13H12. The summed E-state index contributed by atoms with van der Waals surface area (Å²) in [6.07, 6.45) is 6.32. The number of rotatable bonds is 0.